The summed E-state index contributed by atoms with van der Waals surface area (Å²) in [5.74, 6) is 0.905. The second-order valence-corrected chi connectivity index (χ2v) is 6.00. The van der Waals surface area contributed by atoms with Gasteiger partial charge in [-0.1, -0.05) is 30.3 Å². The number of hydrogen-bond acceptors (Lipinski definition) is 2. The van der Waals surface area contributed by atoms with Crippen LogP contribution in [0.3, 0.4) is 0 Å². The third-order valence-electron chi connectivity index (χ3n) is 4.71. The zero-order chi connectivity index (χ0) is 12.4. The lowest BCUT2D eigenvalue weighted by atomic mass is 9.76. The van der Waals surface area contributed by atoms with E-state index in [1.165, 1.54) is 44.2 Å². The number of fused-ring (bicyclic) bond motifs is 1. The molecule has 2 nitrogen and oxygen atoms in total. The Morgan fingerprint density at radius 2 is 1.94 bits per heavy atom. The van der Waals surface area contributed by atoms with Gasteiger partial charge in [0.1, 0.15) is 0 Å². The van der Waals surface area contributed by atoms with E-state index in [1.54, 1.807) is 0 Å². The van der Waals surface area contributed by atoms with E-state index in [2.05, 4.69) is 35.2 Å². The molecule has 0 spiro atoms. The van der Waals surface area contributed by atoms with Crippen LogP contribution in [-0.2, 0) is 6.54 Å². The van der Waals surface area contributed by atoms with Crippen LogP contribution in [-0.4, -0.2) is 23.5 Å². The average Bonchev–Trinajstić information content (AvgIpc) is 2.41. The van der Waals surface area contributed by atoms with Crippen LogP contribution in [0.2, 0.25) is 0 Å². The molecule has 2 aliphatic rings. The molecule has 2 N–H and O–H groups in total. The van der Waals surface area contributed by atoms with Crippen LogP contribution >= 0.6 is 0 Å². The highest BCUT2D eigenvalue weighted by molar-refractivity contribution is 5.15. The summed E-state index contributed by atoms with van der Waals surface area (Å²) < 4.78 is 0. The zero-order valence-electron chi connectivity index (χ0n) is 11.1. The van der Waals surface area contributed by atoms with Gasteiger partial charge in [0.05, 0.1) is 0 Å². The van der Waals surface area contributed by atoms with Crippen molar-refractivity contribution < 1.29 is 0 Å². The molecule has 1 heterocycles. The van der Waals surface area contributed by atoms with Crippen molar-refractivity contribution in [1.82, 2.24) is 4.90 Å². The minimum absolute atomic E-state index is 0.433. The summed E-state index contributed by atoms with van der Waals surface area (Å²) in [7, 11) is 0. The Kier molecular flexibility index (Phi) is 3.67. The maximum Gasteiger partial charge on any atom is 0.0236 e. The molecule has 1 aromatic rings. The summed E-state index contributed by atoms with van der Waals surface area (Å²) in [6.45, 7) is 2.36. The third-order valence-corrected chi connectivity index (χ3v) is 4.71. The van der Waals surface area contributed by atoms with Gasteiger partial charge in [0.15, 0.2) is 0 Å². The number of piperidine rings is 1. The standard InChI is InChI=1S/C16H24N2/c17-15-9-8-14-7-4-10-18(16(14)11-15)12-13-5-2-1-3-6-13/h1-3,5-6,14-16H,4,7-12,17H2/t14-,15-,16-/m0/s1. The predicted octanol–water partition coefficient (Wildman–Crippen LogP) is 2.78. The molecule has 98 valence electrons. The minimum Gasteiger partial charge on any atom is -0.328 e. The van der Waals surface area contributed by atoms with Crippen LogP contribution in [0.4, 0.5) is 0 Å². The van der Waals surface area contributed by atoms with Crippen molar-refractivity contribution in [2.24, 2.45) is 11.7 Å². The molecular weight excluding hydrogens is 220 g/mol. The number of nitrogens with zero attached hydrogens (tertiary/aromatic N) is 1. The fraction of sp³-hybridized carbons (Fsp3) is 0.625. The van der Waals surface area contributed by atoms with Crippen molar-refractivity contribution in [1.29, 1.82) is 0 Å². The van der Waals surface area contributed by atoms with Crippen molar-refractivity contribution in [3.05, 3.63) is 35.9 Å². The summed E-state index contributed by atoms with van der Waals surface area (Å²) in [6, 6.07) is 12.0. The topological polar surface area (TPSA) is 29.3 Å². The predicted molar refractivity (Wildman–Crippen MR) is 75.2 cm³/mol. The minimum atomic E-state index is 0.433. The Balaban J connectivity index is 1.70. The Bertz CT molecular complexity index is 376. The first-order valence-electron chi connectivity index (χ1n) is 7.36. The lowest BCUT2D eigenvalue weighted by Crippen LogP contribution is -2.50. The first-order chi connectivity index (χ1) is 8.83. The number of hydrogen-bond donors (Lipinski definition) is 1. The molecule has 3 rings (SSSR count). The van der Waals surface area contributed by atoms with E-state index in [9.17, 15) is 0 Å². The van der Waals surface area contributed by atoms with Gasteiger partial charge in [0.25, 0.3) is 0 Å². The summed E-state index contributed by atoms with van der Waals surface area (Å²) in [6.07, 6.45) is 6.57. The number of rotatable bonds is 2. The van der Waals surface area contributed by atoms with Gasteiger partial charge < -0.3 is 5.73 Å². The summed E-state index contributed by atoms with van der Waals surface area (Å²) in [5, 5.41) is 0. The molecule has 1 aliphatic heterocycles. The molecule has 0 unspecified atom stereocenters. The van der Waals surface area contributed by atoms with Crippen molar-refractivity contribution in [2.45, 2.75) is 50.7 Å². The normalized spacial score (nSPS) is 33.1. The van der Waals surface area contributed by atoms with E-state index < -0.39 is 0 Å². The highest BCUT2D eigenvalue weighted by Gasteiger charge is 2.35. The molecule has 2 fully saturated rings. The van der Waals surface area contributed by atoms with Gasteiger partial charge in [-0.3, -0.25) is 4.90 Å². The van der Waals surface area contributed by atoms with E-state index in [0.717, 1.165) is 18.5 Å². The molecule has 0 radical (unpaired) electrons. The summed E-state index contributed by atoms with van der Waals surface area (Å²) in [4.78, 5) is 2.68. The Morgan fingerprint density at radius 3 is 2.78 bits per heavy atom. The van der Waals surface area contributed by atoms with Gasteiger partial charge >= 0.3 is 0 Å². The number of benzene rings is 1. The van der Waals surface area contributed by atoms with Crippen molar-refractivity contribution >= 4 is 0 Å². The molecule has 1 saturated carbocycles. The quantitative estimate of drug-likeness (QED) is 0.867. The third kappa shape index (κ3) is 2.60. The highest BCUT2D eigenvalue weighted by atomic mass is 15.2. The van der Waals surface area contributed by atoms with Crippen molar-refractivity contribution in [2.75, 3.05) is 6.54 Å². The van der Waals surface area contributed by atoms with Gasteiger partial charge in [-0.05, 0) is 50.1 Å². The molecule has 1 aromatic carbocycles. The Labute approximate surface area is 110 Å². The lowest BCUT2D eigenvalue weighted by molar-refractivity contribution is 0.0482. The lowest BCUT2D eigenvalue weighted by Gasteiger charge is -2.45. The van der Waals surface area contributed by atoms with Gasteiger partial charge in [-0.2, -0.15) is 0 Å². The van der Waals surface area contributed by atoms with Crippen LogP contribution in [0.1, 0.15) is 37.7 Å². The monoisotopic (exact) mass is 244 g/mol. The number of nitrogens with two attached hydrogens (primary N) is 1. The molecule has 1 saturated heterocycles. The van der Waals surface area contributed by atoms with Crippen molar-refractivity contribution in [3.63, 3.8) is 0 Å². The van der Waals surface area contributed by atoms with E-state index in [0.29, 0.717) is 6.04 Å². The SMILES string of the molecule is N[C@H]1CC[C@@H]2CCCN(Cc3ccccc3)[C@H]2C1. The van der Waals surface area contributed by atoms with Crippen LogP contribution in [0.15, 0.2) is 30.3 Å². The Hall–Kier alpha value is -0.860. The summed E-state index contributed by atoms with van der Waals surface area (Å²) in [5.41, 5.74) is 7.61. The molecule has 1 aliphatic carbocycles. The maximum absolute atomic E-state index is 6.17. The zero-order valence-corrected chi connectivity index (χ0v) is 11.1. The molecule has 0 aromatic heterocycles. The average molecular weight is 244 g/mol. The molecule has 2 heteroatoms. The molecule has 18 heavy (non-hydrogen) atoms. The maximum atomic E-state index is 6.17. The van der Waals surface area contributed by atoms with Crippen LogP contribution in [0, 0.1) is 5.92 Å². The molecule has 0 amide bonds. The summed E-state index contributed by atoms with van der Waals surface area (Å²) >= 11 is 0. The van der Waals surface area contributed by atoms with Crippen LogP contribution in [0.5, 0.6) is 0 Å². The van der Waals surface area contributed by atoms with E-state index >= 15 is 0 Å². The van der Waals surface area contributed by atoms with E-state index in [-0.39, 0.29) is 0 Å². The van der Waals surface area contributed by atoms with Gasteiger partial charge in [-0.25, -0.2) is 0 Å². The molecule has 3 atom stereocenters. The first kappa shape index (κ1) is 12.2. The largest absolute Gasteiger partial charge is 0.328 e. The number of likely N-dealkylation sites (tertiary alicyclic amines) is 1. The van der Waals surface area contributed by atoms with Gasteiger partial charge in [0.2, 0.25) is 0 Å². The molecular formula is C16H24N2. The van der Waals surface area contributed by atoms with Crippen LogP contribution in [0.25, 0.3) is 0 Å². The first-order valence-corrected chi connectivity index (χ1v) is 7.36. The highest BCUT2D eigenvalue weighted by Crippen LogP contribution is 2.35. The second-order valence-electron chi connectivity index (χ2n) is 6.00. The van der Waals surface area contributed by atoms with E-state index in [1.807, 2.05) is 0 Å². The van der Waals surface area contributed by atoms with E-state index in [4.69, 9.17) is 5.73 Å². The van der Waals surface area contributed by atoms with Crippen LogP contribution < -0.4 is 5.73 Å². The van der Waals surface area contributed by atoms with Gasteiger partial charge in [0, 0.05) is 18.6 Å². The van der Waals surface area contributed by atoms with Gasteiger partial charge in [-0.15, -0.1) is 0 Å². The molecule has 0 bridgehead atoms. The fourth-order valence-electron chi connectivity index (χ4n) is 3.76. The fourth-order valence-corrected chi connectivity index (χ4v) is 3.76. The smallest absolute Gasteiger partial charge is 0.0236 e. The van der Waals surface area contributed by atoms with Crippen molar-refractivity contribution in [3.8, 4) is 0 Å². The second kappa shape index (κ2) is 5.41. The Morgan fingerprint density at radius 1 is 1.11 bits per heavy atom.